The number of sulfonamides is 1. The molecule has 0 unspecified atom stereocenters. The average Bonchev–Trinajstić information content (AvgIpc) is 3.07. The first-order valence-electron chi connectivity index (χ1n) is 6.16. The minimum atomic E-state index is -3.23. The summed E-state index contributed by atoms with van der Waals surface area (Å²) in [6.45, 7) is 2.02. The summed E-state index contributed by atoms with van der Waals surface area (Å²) in [4.78, 5) is 13.3. The molecule has 0 fully saturated rings. The maximum absolute atomic E-state index is 12.0. The Morgan fingerprint density at radius 2 is 2.15 bits per heavy atom. The third-order valence-corrected chi connectivity index (χ3v) is 5.18. The van der Waals surface area contributed by atoms with Crippen LogP contribution in [0.15, 0.2) is 34.9 Å². The summed E-state index contributed by atoms with van der Waals surface area (Å²) in [6, 6.07) is 6.68. The van der Waals surface area contributed by atoms with Crippen LogP contribution < -0.4 is 4.72 Å². The topological polar surface area (TPSA) is 76.4 Å². The molecule has 0 atom stereocenters. The number of nitrogens with one attached hydrogen (secondary N) is 1. The Hall–Kier alpha value is -1.44. The second-order valence-electron chi connectivity index (χ2n) is 4.21. The zero-order chi connectivity index (χ0) is 14.6. The van der Waals surface area contributed by atoms with Gasteiger partial charge >= 0.3 is 0 Å². The number of rotatable bonds is 7. The predicted molar refractivity (Wildman–Crippen MR) is 77.4 cm³/mol. The van der Waals surface area contributed by atoms with Crippen molar-refractivity contribution in [3.8, 4) is 0 Å². The van der Waals surface area contributed by atoms with Gasteiger partial charge in [0.05, 0.1) is 16.9 Å². The molecule has 0 amide bonds. The van der Waals surface area contributed by atoms with E-state index in [0.29, 0.717) is 11.3 Å². The quantitative estimate of drug-likeness (QED) is 0.796. The fourth-order valence-corrected chi connectivity index (χ4v) is 3.69. The highest BCUT2D eigenvalue weighted by molar-refractivity contribution is 7.89. The largest absolute Gasteiger partial charge is 0.461 e. The molecule has 5 nitrogen and oxygen atoms in total. The molecule has 0 aliphatic heterocycles. The number of hydrogen-bond donors (Lipinski definition) is 1. The van der Waals surface area contributed by atoms with Crippen molar-refractivity contribution in [2.75, 3.05) is 5.75 Å². The van der Waals surface area contributed by atoms with Crippen LogP contribution in [0.1, 0.15) is 33.7 Å². The van der Waals surface area contributed by atoms with E-state index in [2.05, 4.69) is 4.72 Å². The third-order valence-electron chi connectivity index (χ3n) is 2.57. The van der Waals surface area contributed by atoms with E-state index in [-0.39, 0.29) is 23.8 Å². The van der Waals surface area contributed by atoms with Gasteiger partial charge in [0.1, 0.15) is 0 Å². The molecule has 0 aliphatic rings. The van der Waals surface area contributed by atoms with E-state index in [1.54, 1.807) is 24.3 Å². The average molecular weight is 313 g/mol. The summed E-state index contributed by atoms with van der Waals surface area (Å²) in [6.07, 6.45) is 2.02. The van der Waals surface area contributed by atoms with Gasteiger partial charge < -0.3 is 4.42 Å². The molecular formula is C13H15NO4S2. The summed E-state index contributed by atoms with van der Waals surface area (Å²) in [7, 11) is -3.23. The smallest absolute Gasteiger partial charge is 0.238 e. The second-order valence-corrected chi connectivity index (χ2v) is 7.31. The van der Waals surface area contributed by atoms with Crippen LogP contribution in [0.25, 0.3) is 0 Å². The molecule has 7 heteroatoms. The standard InChI is InChI=1S/C13H15NO4S2/c1-2-8-20(16,17)14-9-10-5-6-12(19-10)13(15)11-4-3-7-18-11/h3-7,14H,2,8-9H2,1H3. The van der Waals surface area contributed by atoms with Gasteiger partial charge in [-0.3, -0.25) is 4.79 Å². The highest BCUT2D eigenvalue weighted by Crippen LogP contribution is 2.20. The fourth-order valence-electron chi connectivity index (χ4n) is 1.65. The highest BCUT2D eigenvalue weighted by atomic mass is 32.2. The van der Waals surface area contributed by atoms with Crippen molar-refractivity contribution >= 4 is 27.1 Å². The van der Waals surface area contributed by atoms with Crippen molar-refractivity contribution in [1.29, 1.82) is 0 Å². The molecule has 0 saturated carbocycles. The summed E-state index contributed by atoms with van der Waals surface area (Å²) in [5, 5.41) is 0. The Morgan fingerprint density at radius 1 is 1.35 bits per heavy atom. The number of thiophene rings is 1. The van der Waals surface area contributed by atoms with Gasteiger partial charge in [-0.1, -0.05) is 6.92 Å². The van der Waals surface area contributed by atoms with Gasteiger partial charge in [-0.2, -0.15) is 0 Å². The van der Waals surface area contributed by atoms with Crippen LogP contribution in [0, 0.1) is 0 Å². The second kappa shape index (κ2) is 6.34. The number of hydrogen-bond acceptors (Lipinski definition) is 5. The van der Waals surface area contributed by atoms with E-state index in [9.17, 15) is 13.2 Å². The van der Waals surface area contributed by atoms with Gasteiger partial charge in [0.15, 0.2) is 5.76 Å². The number of carbonyl (C=O) groups excluding carboxylic acids is 1. The molecule has 0 bridgehead atoms. The van der Waals surface area contributed by atoms with Crippen molar-refractivity contribution in [2.45, 2.75) is 19.9 Å². The van der Waals surface area contributed by atoms with Crippen LogP contribution in [0.5, 0.6) is 0 Å². The van der Waals surface area contributed by atoms with Crippen LogP contribution in [0.4, 0.5) is 0 Å². The molecule has 2 aromatic heterocycles. The maximum Gasteiger partial charge on any atom is 0.238 e. The van der Waals surface area contributed by atoms with Gasteiger partial charge in [0, 0.05) is 11.4 Å². The first kappa shape index (κ1) is 15.0. The fraction of sp³-hybridized carbons (Fsp3) is 0.308. The summed E-state index contributed by atoms with van der Waals surface area (Å²) in [5.41, 5.74) is 0. The Labute approximate surface area is 121 Å². The highest BCUT2D eigenvalue weighted by Gasteiger charge is 2.15. The molecule has 0 spiro atoms. The van der Waals surface area contributed by atoms with E-state index in [1.165, 1.54) is 17.6 Å². The van der Waals surface area contributed by atoms with E-state index in [0.717, 1.165) is 4.88 Å². The third kappa shape index (κ3) is 3.78. The van der Waals surface area contributed by atoms with Crippen molar-refractivity contribution in [2.24, 2.45) is 0 Å². The Kier molecular flexibility index (Phi) is 4.74. The molecule has 2 aromatic rings. The minimum Gasteiger partial charge on any atom is -0.461 e. The van der Waals surface area contributed by atoms with Crippen LogP contribution in [-0.4, -0.2) is 20.0 Å². The monoisotopic (exact) mass is 313 g/mol. The lowest BCUT2D eigenvalue weighted by atomic mass is 10.2. The molecule has 0 saturated heterocycles. The first-order valence-corrected chi connectivity index (χ1v) is 8.63. The lowest BCUT2D eigenvalue weighted by molar-refractivity contribution is 0.101. The molecule has 2 heterocycles. The lowest BCUT2D eigenvalue weighted by Gasteiger charge is -2.03. The molecule has 1 N–H and O–H groups in total. The van der Waals surface area contributed by atoms with Gasteiger partial charge in [0.25, 0.3) is 0 Å². The van der Waals surface area contributed by atoms with Crippen LogP contribution in [0.2, 0.25) is 0 Å². The number of carbonyl (C=O) groups is 1. The molecule has 2 rings (SSSR count). The lowest BCUT2D eigenvalue weighted by Crippen LogP contribution is -2.25. The Morgan fingerprint density at radius 3 is 2.80 bits per heavy atom. The van der Waals surface area contributed by atoms with E-state index in [1.807, 2.05) is 6.92 Å². The molecule has 108 valence electrons. The predicted octanol–water partition coefficient (Wildman–Crippen LogP) is 2.40. The number of furan rings is 1. The first-order chi connectivity index (χ1) is 9.52. The van der Waals surface area contributed by atoms with E-state index < -0.39 is 10.0 Å². The van der Waals surface area contributed by atoms with Crippen LogP contribution >= 0.6 is 11.3 Å². The van der Waals surface area contributed by atoms with E-state index in [4.69, 9.17) is 4.42 Å². The maximum atomic E-state index is 12.0. The van der Waals surface area contributed by atoms with Gasteiger partial charge in [-0.05, 0) is 30.7 Å². The Balaban J connectivity index is 2.01. The van der Waals surface area contributed by atoms with Crippen molar-refractivity contribution in [3.63, 3.8) is 0 Å². The SMILES string of the molecule is CCCS(=O)(=O)NCc1ccc(C(=O)c2ccco2)s1. The van der Waals surface area contributed by atoms with Crippen LogP contribution in [0.3, 0.4) is 0 Å². The molecule has 20 heavy (non-hydrogen) atoms. The summed E-state index contributed by atoms with van der Waals surface area (Å²) >= 11 is 1.26. The zero-order valence-electron chi connectivity index (χ0n) is 11.0. The van der Waals surface area contributed by atoms with Crippen molar-refractivity contribution in [3.05, 3.63) is 46.0 Å². The molecular weight excluding hydrogens is 298 g/mol. The van der Waals surface area contributed by atoms with Crippen molar-refractivity contribution < 1.29 is 17.6 Å². The molecule has 0 aromatic carbocycles. The normalized spacial score (nSPS) is 11.7. The van der Waals surface area contributed by atoms with Gasteiger partial charge in [-0.25, -0.2) is 13.1 Å². The van der Waals surface area contributed by atoms with Crippen LogP contribution in [-0.2, 0) is 16.6 Å². The summed E-state index contributed by atoms with van der Waals surface area (Å²) < 4.78 is 30.6. The summed E-state index contributed by atoms with van der Waals surface area (Å²) in [5.74, 6) is 0.198. The van der Waals surface area contributed by atoms with Crippen molar-refractivity contribution in [1.82, 2.24) is 4.72 Å². The van der Waals surface area contributed by atoms with Gasteiger partial charge in [0.2, 0.25) is 15.8 Å². The van der Waals surface area contributed by atoms with E-state index >= 15 is 0 Å². The minimum absolute atomic E-state index is 0.108. The zero-order valence-corrected chi connectivity index (χ0v) is 12.6. The Bertz CT molecular complexity index is 671. The molecule has 0 radical (unpaired) electrons. The van der Waals surface area contributed by atoms with Gasteiger partial charge in [-0.15, -0.1) is 11.3 Å². The number of ketones is 1. The molecule has 0 aliphatic carbocycles.